The highest BCUT2D eigenvalue weighted by Crippen LogP contribution is 2.39. The van der Waals surface area contributed by atoms with E-state index < -0.39 is 11.7 Å². The molecule has 7 heteroatoms. The molecule has 0 aromatic heterocycles. The molecule has 0 aromatic carbocycles. The van der Waals surface area contributed by atoms with Crippen molar-refractivity contribution in [3.63, 3.8) is 0 Å². The molecule has 2 amide bonds. The molecule has 2 heterocycles. The largest absolute Gasteiger partial charge is 0.469 e. The Morgan fingerprint density at radius 2 is 1.92 bits per heavy atom. The number of esters is 1. The standard InChI is InChI=1S/C17H28N2O5/c1-17(2,3)24-16(22)18-8-7-14(20)19-10-11-5-6-13(19)12(9-11)15(21)23-4/h11-13H,5-10H2,1-4H3,(H,18,22)/t11-,12-,13-/m1/s1. The van der Waals surface area contributed by atoms with E-state index in [1.807, 2.05) is 0 Å². The number of rotatable bonds is 4. The first kappa shape index (κ1) is 18.5. The summed E-state index contributed by atoms with van der Waals surface area (Å²) in [6.45, 7) is 6.29. The summed E-state index contributed by atoms with van der Waals surface area (Å²) in [7, 11) is 1.39. The summed E-state index contributed by atoms with van der Waals surface area (Å²) >= 11 is 0. The topological polar surface area (TPSA) is 84.9 Å². The van der Waals surface area contributed by atoms with Crippen molar-refractivity contribution in [3.8, 4) is 0 Å². The number of methoxy groups -OCH3 is 1. The minimum atomic E-state index is -0.562. The van der Waals surface area contributed by atoms with E-state index in [0.29, 0.717) is 12.5 Å². The Hall–Kier alpha value is -1.79. The van der Waals surface area contributed by atoms with E-state index in [-0.39, 0.29) is 36.8 Å². The molecule has 0 spiro atoms. The third kappa shape index (κ3) is 4.61. The SMILES string of the molecule is COC(=O)[C@@H]1C[C@H]2CC[C@H]1N(C(=O)CCNC(=O)OC(C)(C)C)C2. The molecule has 1 N–H and O–H groups in total. The molecule has 0 aromatic rings. The maximum absolute atomic E-state index is 12.5. The Morgan fingerprint density at radius 3 is 2.50 bits per heavy atom. The van der Waals surface area contributed by atoms with Gasteiger partial charge >= 0.3 is 12.1 Å². The van der Waals surface area contributed by atoms with Gasteiger partial charge in [-0.15, -0.1) is 0 Å². The number of alkyl carbamates (subject to hydrolysis) is 1. The fourth-order valence-electron chi connectivity index (χ4n) is 3.61. The van der Waals surface area contributed by atoms with Crippen molar-refractivity contribution in [1.29, 1.82) is 0 Å². The molecule has 1 saturated carbocycles. The zero-order chi connectivity index (χ0) is 17.9. The van der Waals surface area contributed by atoms with Crippen LogP contribution in [0.1, 0.15) is 46.5 Å². The summed E-state index contributed by atoms with van der Waals surface area (Å²) in [4.78, 5) is 37.8. The van der Waals surface area contributed by atoms with Gasteiger partial charge in [-0.1, -0.05) is 0 Å². The van der Waals surface area contributed by atoms with Crippen molar-refractivity contribution in [2.75, 3.05) is 20.2 Å². The van der Waals surface area contributed by atoms with E-state index in [9.17, 15) is 14.4 Å². The first-order valence-electron chi connectivity index (χ1n) is 8.55. The molecular weight excluding hydrogens is 312 g/mol. The van der Waals surface area contributed by atoms with E-state index in [4.69, 9.17) is 9.47 Å². The number of nitrogens with one attached hydrogen (secondary N) is 1. The second-order valence-corrected chi connectivity index (χ2v) is 7.60. The molecule has 3 atom stereocenters. The lowest BCUT2D eigenvalue weighted by Crippen LogP contribution is -2.57. The predicted molar refractivity (Wildman–Crippen MR) is 87.2 cm³/mol. The lowest BCUT2D eigenvalue weighted by molar-refractivity contribution is -0.158. The van der Waals surface area contributed by atoms with E-state index in [0.717, 1.165) is 19.3 Å². The second kappa shape index (κ2) is 7.40. The number of carbonyl (C=O) groups excluding carboxylic acids is 3. The van der Waals surface area contributed by atoms with Crippen molar-refractivity contribution < 1.29 is 23.9 Å². The number of carbonyl (C=O) groups is 3. The van der Waals surface area contributed by atoms with Crippen LogP contribution in [0.5, 0.6) is 0 Å². The number of ether oxygens (including phenoxy) is 2. The Kier molecular flexibility index (Phi) is 5.72. The number of nitrogens with zero attached hydrogens (tertiary/aromatic N) is 1. The van der Waals surface area contributed by atoms with Gasteiger partial charge in [0.2, 0.25) is 5.91 Å². The summed E-state index contributed by atoms with van der Waals surface area (Å²) in [6.07, 6.45) is 2.38. The third-order valence-electron chi connectivity index (χ3n) is 4.61. The van der Waals surface area contributed by atoms with Gasteiger partial charge in [0, 0.05) is 25.6 Å². The Morgan fingerprint density at radius 1 is 1.21 bits per heavy atom. The molecule has 3 rings (SSSR count). The Labute approximate surface area is 143 Å². The van der Waals surface area contributed by atoms with Gasteiger partial charge in [0.15, 0.2) is 0 Å². The maximum atomic E-state index is 12.5. The van der Waals surface area contributed by atoms with Gasteiger partial charge in [0.05, 0.1) is 13.0 Å². The highest BCUT2D eigenvalue weighted by atomic mass is 16.6. The van der Waals surface area contributed by atoms with Crippen LogP contribution in [0.3, 0.4) is 0 Å². The van der Waals surface area contributed by atoms with Crippen LogP contribution >= 0.6 is 0 Å². The van der Waals surface area contributed by atoms with Crippen molar-refractivity contribution in [1.82, 2.24) is 10.2 Å². The van der Waals surface area contributed by atoms with Crippen LogP contribution in [-0.2, 0) is 19.1 Å². The van der Waals surface area contributed by atoms with Crippen molar-refractivity contribution in [3.05, 3.63) is 0 Å². The van der Waals surface area contributed by atoms with Gasteiger partial charge in [-0.25, -0.2) is 4.79 Å². The minimum absolute atomic E-state index is 0.0330. The van der Waals surface area contributed by atoms with Crippen molar-refractivity contribution in [2.45, 2.75) is 58.1 Å². The molecule has 24 heavy (non-hydrogen) atoms. The fraction of sp³-hybridized carbons (Fsp3) is 0.824. The maximum Gasteiger partial charge on any atom is 0.407 e. The van der Waals surface area contributed by atoms with Gasteiger partial charge in [0.1, 0.15) is 5.60 Å². The first-order chi connectivity index (χ1) is 11.2. The quantitative estimate of drug-likeness (QED) is 0.788. The molecule has 3 fully saturated rings. The summed E-state index contributed by atoms with van der Waals surface area (Å²) in [5, 5.41) is 2.60. The summed E-state index contributed by atoms with van der Waals surface area (Å²) in [5.41, 5.74) is -0.562. The van der Waals surface area contributed by atoms with E-state index in [1.165, 1.54) is 7.11 Å². The molecule has 1 aliphatic carbocycles. The normalized spacial score (nSPS) is 26.0. The average Bonchev–Trinajstić information content (AvgIpc) is 2.52. The molecule has 136 valence electrons. The monoisotopic (exact) mass is 340 g/mol. The van der Waals surface area contributed by atoms with Crippen LogP contribution in [0.15, 0.2) is 0 Å². The number of piperidine rings is 2. The average molecular weight is 340 g/mol. The highest BCUT2D eigenvalue weighted by Gasteiger charge is 2.46. The van der Waals surface area contributed by atoms with E-state index in [2.05, 4.69) is 5.32 Å². The smallest absolute Gasteiger partial charge is 0.407 e. The van der Waals surface area contributed by atoms with E-state index >= 15 is 0 Å². The second-order valence-electron chi connectivity index (χ2n) is 7.60. The Balaban J connectivity index is 1.84. The molecule has 3 aliphatic rings. The third-order valence-corrected chi connectivity index (χ3v) is 4.61. The molecule has 2 aliphatic heterocycles. The predicted octanol–water partition coefficient (Wildman–Crippen LogP) is 1.70. The molecular formula is C17H28N2O5. The Bertz CT molecular complexity index is 500. The number of amides is 2. The van der Waals surface area contributed by atoms with Crippen molar-refractivity contribution >= 4 is 18.0 Å². The summed E-state index contributed by atoms with van der Waals surface area (Å²) < 4.78 is 10.0. The van der Waals surface area contributed by atoms with Gasteiger partial charge < -0.3 is 19.7 Å². The first-order valence-corrected chi connectivity index (χ1v) is 8.55. The molecule has 0 radical (unpaired) electrons. The minimum Gasteiger partial charge on any atom is -0.469 e. The van der Waals surface area contributed by atoms with Crippen LogP contribution in [0.4, 0.5) is 4.79 Å². The zero-order valence-electron chi connectivity index (χ0n) is 15.0. The van der Waals surface area contributed by atoms with Crippen LogP contribution in [0.2, 0.25) is 0 Å². The molecule has 0 unspecified atom stereocenters. The van der Waals surface area contributed by atoms with Crippen LogP contribution < -0.4 is 5.32 Å². The van der Waals surface area contributed by atoms with Crippen LogP contribution in [0, 0.1) is 11.8 Å². The van der Waals surface area contributed by atoms with Gasteiger partial charge in [-0.3, -0.25) is 9.59 Å². The lowest BCUT2D eigenvalue weighted by Gasteiger charge is -2.48. The zero-order valence-corrected chi connectivity index (χ0v) is 15.0. The molecule has 2 bridgehead atoms. The summed E-state index contributed by atoms with van der Waals surface area (Å²) in [5.74, 6) is -0.115. The highest BCUT2D eigenvalue weighted by molar-refractivity contribution is 5.80. The van der Waals surface area contributed by atoms with Crippen LogP contribution in [-0.4, -0.2) is 54.7 Å². The number of fused-ring (bicyclic) bond motifs is 3. The van der Waals surface area contributed by atoms with E-state index in [1.54, 1.807) is 25.7 Å². The molecule has 2 saturated heterocycles. The molecule has 7 nitrogen and oxygen atoms in total. The number of hydrogen-bond donors (Lipinski definition) is 1. The summed E-state index contributed by atoms with van der Waals surface area (Å²) in [6, 6.07) is -0.0727. The van der Waals surface area contributed by atoms with Crippen molar-refractivity contribution in [2.24, 2.45) is 11.8 Å². The van der Waals surface area contributed by atoms with Gasteiger partial charge in [-0.05, 0) is 46.0 Å². The number of hydrogen-bond acceptors (Lipinski definition) is 5. The lowest BCUT2D eigenvalue weighted by atomic mass is 9.72. The van der Waals surface area contributed by atoms with Gasteiger partial charge in [0.25, 0.3) is 0 Å². The van der Waals surface area contributed by atoms with Crippen LogP contribution in [0.25, 0.3) is 0 Å². The fourth-order valence-corrected chi connectivity index (χ4v) is 3.61. The van der Waals surface area contributed by atoms with Gasteiger partial charge in [-0.2, -0.15) is 0 Å².